The number of rotatable bonds is 7. The topological polar surface area (TPSA) is 44.5 Å². The van der Waals surface area contributed by atoms with Crippen molar-refractivity contribution in [1.82, 2.24) is 0 Å². The van der Waals surface area contributed by atoms with Gasteiger partial charge in [0, 0.05) is 0 Å². The van der Waals surface area contributed by atoms with Crippen LogP contribution in [0.4, 0.5) is 0 Å². The number of nitrogens with two attached hydrogens (primary N) is 1. The number of methoxy groups -OCH3 is 1. The Bertz CT molecular complexity index is 337. The summed E-state index contributed by atoms with van der Waals surface area (Å²) in [5.41, 5.74) is 6.74. The van der Waals surface area contributed by atoms with Crippen LogP contribution in [0, 0.1) is 5.92 Å². The average Bonchev–Trinajstić information content (AvgIpc) is 2.29. The molecule has 0 aliphatic rings. The number of ether oxygens (including phenoxy) is 2. The molecule has 0 aliphatic carbocycles. The van der Waals surface area contributed by atoms with Crippen molar-refractivity contribution in [2.24, 2.45) is 11.7 Å². The molecule has 0 amide bonds. The lowest BCUT2D eigenvalue weighted by Crippen LogP contribution is -2.05. The fourth-order valence-corrected chi connectivity index (χ4v) is 1.56. The van der Waals surface area contributed by atoms with E-state index in [0.717, 1.165) is 30.9 Å². The molecule has 17 heavy (non-hydrogen) atoms. The molecule has 0 saturated heterocycles. The summed E-state index contributed by atoms with van der Waals surface area (Å²) in [6, 6.07) is 5.99. The highest BCUT2D eigenvalue weighted by Gasteiger charge is 2.06. The highest BCUT2D eigenvalue weighted by molar-refractivity contribution is 5.43. The monoisotopic (exact) mass is 237 g/mol. The molecule has 0 saturated carbocycles. The number of hydrogen-bond donors (Lipinski definition) is 1. The van der Waals surface area contributed by atoms with Crippen LogP contribution in [0.15, 0.2) is 18.2 Å². The number of benzene rings is 1. The summed E-state index contributed by atoms with van der Waals surface area (Å²) in [6.45, 7) is 5.74. The summed E-state index contributed by atoms with van der Waals surface area (Å²) in [5, 5.41) is 0. The standard InChI is InChI=1S/C14H23NO2/c1-11(2)7-9-17-14-10-12(6-8-15)4-5-13(14)16-3/h4-5,10-11H,6-9,15H2,1-3H3. The molecule has 96 valence electrons. The van der Waals surface area contributed by atoms with Crippen molar-refractivity contribution >= 4 is 0 Å². The van der Waals surface area contributed by atoms with Crippen LogP contribution in [-0.2, 0) is 6.42 Å². The van der Waals surface area contributed by atoms with E-state index in [0.29, 0.717) is 12.5 Å². The lowest BCUT2D eigenvalue weighted by atomic mass is 10.1. The Morgan fingerprint density at radius 1 is 1.24 bits per heavy atom. The fraction of sp³-hybridized carbons (Fsp3) is 0.571. The van der Waals surface area contributed by atoms with Gasteiger partial charge in [-0.2, -0.15) is 0 Å². The first kappa shape index (κ1) is 13.8. The first-order valence-corrected chi connectivity index (χ1v) is 6.17. The van der Waals surface area contributed by atoms with E-state index >= 15 is 0 Å². The van der Waals surface area contributed by atoms with Gasteiger partial charge in [0.1, 0.15) is 0 Å². The van der Waals surface area contributed by atoms with Gasteiger partial charge in [-0.05, 0) is 43.0 Å². The molecule has 3 nitrogen and oxygen atoms in total. The Hall–Kier alpha value is -1.22. The van der Waals surface area contributed by atoms with E-state index < -0.39 is 0 Å². The Labute approximate surface area is 104 Å². The zero-order valence-corrected chi connectivity index (χ0v) is 11.0. The fourth-order valence-electron chi connectivity index (χ4n) is 1.56. The molecule has 1 aromatic rings. The van der Waals surface area contributed by atoms with Gasteiger partial charge in [-0.3, -0.25) is 0 Å². The highest BCUT2D eigenvalue weighted by atomic mass is 16.5. The van der Waals surface area contributed by atoms with Gasteiger partial charge >= 0.3 is 0 Å². The van der Waals surface area contributed by atoms with Crippen molar-refractivity contribution in [3.8, 4) is 11.5 Å². The zero-order chi connectivity index (χ0) is 12.7. The molecule has 3 heteroatoms. The molecule has 1 rings (SSSR count). The van der Waals surface area contributed by atoms with Crippen LogP contribution in [0.25, 0.3) is 0 Å². The van der Waals surface area contributed by atoms with Gasteiger partial charge < -0.3 is 15.2 Å². The SMILES string of the molecule is COc1ccc(CCN)cc1OCCC(C)C. The third kappa shape index (κ3) is 4.65. The molecule has 0 bridgehead atoms. The Kier molecular flexibility index (Phi) is 5.84. The molecule has 0 radical (unpaired) electrons. The van der Waals surface area contributed by atoms with Crippen LogP contribution in [0.1, 0.15) is 25.8 Å². The summed E-state index contributed by atoms with van der Waals surface area (Å²) in [7, 11) is 1.66. The summed E-state index contributed by atoms with van der Waals surface area (Å²) >= 11 is 0. The minimum atomic E-state index is 0.646. The van der Waals surface area contributed by atoms with Crippen molar-refractivity contribution in [2.45, 2.75) is 26.7 Å². The Morgan fingerprint density at radius 2 is 2.00 bits per heavy atom. The summed E-state index contributed by atoms with van der Waals surface area (Å²) in [5.74, 6) is 2.25. The second kappa shape index (κ2) is 7.17. The molecule has 0 atom stereocenters. The molecule has 0 fully saturated rings. The van der Waals surface area contributed by atoms with Gasteiger partial charge in [0.15, 0.2) is 11.5 Å². The second-order valence-corrected chi connectivity index (χ2v) is 4.55. The maximum atomic E-state index is 5.76. The lowest BCUT2D eigenvalue weighted by Gasteiger charge is -2.13. The van der Waals surface area contributed by atoms with Crippen LogP contribution in [0.3, 0.4) is 0 Å². The van der Waals surface area contributed by atoms with Crippen molar-refractivity contribution < 1.29 is 9.47 Å². The van der Waals surface area contributed by atoms with Crippen LogP contribution in [0.5, 0.6) is 11.5 Å². The van der Waals surface area contributed by atoms with E-state index in [1.807, 2.05) is 18.2 Å². The molecule has 0 heterocycles. The largest absolute Gasteiger partial charge is 0.493 e. The normalized spacial score (nSPS) is 10.6. The molecule has 0 aliphatic heterocycles. The van der Waals surface area contributed by atoms with Gasteiger partial charge in [-0.1, -0.05) is 19.9 Å². The van der Waals surface area contributed by atoms with Crippen molar-refractivity contribution in [2.75, 3.05) is 20.3 Å². The van der Waals surface area contributed by atoms with Crippen LogP contribution in [-0.4, -0.2) is 20.3 Å². The minimum absolute atomic E-state index is 0.646. The maximum absolute atomic E-state index is 5.76. The van der Waals surface area contributed by atoms with Gasteiger partial charge in [-0.25, -0.2) is 0 Å². The van der Waals surface area contributed by atoms with E-state index in [4.69, 9.17) is 15.2 Å². The summed E-state index contributed by atoms with van der Waals surface area (Å²) in [6.07, 6.45) is 1.91. The smallest absolute Gasteiger partial charge is 0.161 e. The Balaban J connectivity index is 2.68. The Morgan fingerprint density at radius 3 is 2.59 bits per heavy atom. The van der Waals surface area contributed by atoms with E-state index in [-0.39, 0.29) is 0 Å². The van der Waals surface area contributed by atoms with E-state index in [9.17, 15) is 0 Å². The molecular weight excluding hydrogens is 214 g/mol. The lowest BCUT2D eigenvalue weighted by molar-refractivity contribution is 0.272. The molecule has 0 unspecified atom stereocenters. The van der Waals surface area contributed by atoms with Gasteiger partial charge in [-0.15, -0.1) is 0 Å². The van der Waals surface area contributed by atoms with Crippen LogP contribution in [0.2, 0.25) is 0 Å². The van der Waals surface area contributed by atoms with Crippen molar-refractivity contribution in [3.63, 3.8) is 0 Å². The predicted molar refractivity (Wildman–Crippen MR) is 70.7 cm³/mol. The maximum Gasteiger partial charge on any atom is 0.161 e. The molecule has 0 spiro atoms. The van der Waals surface area contributed by atoms with Gasteiger partial charge in [0.25, 0.3) is 0 Å². The van der Waals surface area contributed by atoms with Crippen molar-refractivity contribution in [3.05, 3.63) is 23.8 Å². The third-order valence-corrected chi connectivity index (χ3v) is 2.61. The summed E-state index contributed by atoms with van der Waals surface area (Å²) in [4.78, 5) is 0. The van der Waals surface area contributed by atoms with Gasteiger partial charge in [0.2, 0.25) is 0 Å². The van der Waals surface area contributed by atoms with Crippen molar-refractivity contribution in [1.29, 1.82) is 0 Å². The van der Waals surface area contributed by atoms with Crippen LogP contribution < -0.4 is 15.2 Å². The first-order chi connectivity index (χ1) is 8.17. The third-order valence-electron chi connectivity index (χ3n) is 2.61. The molecular formula is C14H23NO2. The van der Waals surface area contributed by atoms with E-state index in [2.05, 4.69) is 13.8 Å². The molecule has 2 N–H and O–H groups in total. The zero-order valence-electron chi connectivity index (χ0n) is 11.0. The molecule has 1 aromatic carbocycles. The first-order valence-electron chi connectivity index (χ1n) is 6.17. The van der Waals surface area contributed by atoms with Crippen LogP contribution >= 0.6 is 0 Å². The quantitative estimate of drug-likeness (QED) is 0.793. The highest BCUT2D eigenvalue weighted by Crippen LogP contribution is 2.28. The second-order valence-electron chi connectivity index (χ2n) is 4.55. The average molecular weight is 237 g/mol. The van der Waals surface area contributed by atoms with E-state index in [1.165, 1.54) is 5.56 Å². The number of hydrogen-bond acceptors (Lipinski definition) is 3. The minimum Gasteiger partial charge on any atom is -0.493 e. The predicted octanol–water partition coefficient (Wildman–Crippen LogP) is 2.62. The van der Waals surface area contributed by atoms with E-state index in [1.54, 1.807) is 7.11 Å². The molecule has 0 aromatic heterocycles. The summed E-state index contributed by atoms with van der Waals surface area (Å²) < 4.78 is 11.0. The van der Waals surface area contributed by atoms with Gasteiger partial charge in [0.05, 0.1) is 13.7 Å².